The van der Waals surface area contributed by atoms with Crippen LogP contribution < -0.4 is 0 Å². The third-order valence-electron chi connectivity index (χ3n) is 1.43. The summed E-state index contributed by atoms with van der Waals surface area (Å²) in [6, 6.07) is 5.93. The third kappa shape index (κ3) is 3.14. The molecular weight excluding hydrogens is 138 g/mol. The third-order valence-corrected chi connectivity index (χ3v) is 1.43. The molecule has 0 aromatic carbocycles. The van der Waals surface area contributed by atoms with E-state index in [9.17, 15) is 0 Å². The summed E-state index contributed by atoms with van der Waals surface area (Å²) in [6.07, 6.45) is 2.72. The molecule has 1 aromatic rings. The Bertz CT molecular complexity index is 186. The molecule has 0 aliphatic carbocycles. The Morgan fingerprint density at radius 2 is 2.36 bits per heavy atom. The summed E-state index contributed by atoms with van der Waals surface area (Å²) in [4.78, 5) is 4.17. The van der Waals surface area contributed by atoms with Gasteiger partial charge in [0.05, 0.1) is 6.61 Å². The molecule has 1 aromatic heterocycles. The lowest BCUT2D eigenvalue weighted by molar-refractivity contribution is 0.150. The summed E-state index contributed by atoms with van der Waals surface area (Å²) in [5.41, 5.74) is 1.10. The quantitative estimate of drug-likeness (QED) is 0.610. The first-order valence-electron chi connectivity index (χ1n) is 3.91. The van der Waals surface area contributed by atoms with E-state index in [4.69, 9.17) is 4.74 Å². The predicted molar refractivity (Wildman–Crippen MR) is 44.4 cm³/mol. The number of rotatable bonds is 4. The maximum Gasteiger partial charge on any atom is 0.0521 e. The molecule has 2 nitrogen and oxygen atoms in total. The van der Waals surface area contributed by atoms with Gasteiger partial charge < -0.3 is 4.74 Å². The first kappa shape index (κ1) is 8.21. The zero-order chi connectivity index (χ0) is 7.94. The summed E-state index contributed by atoms with van der Waals surface area (Å²) < 4.78 is 5.20. The lowest BCUT2D eigenvalue weighted by Crippen LogP contribution is -1.98. The maximum atomic E-state index is 5.20. The summed E-state index contributed by atoms with van der Waals surface area (Å²) in [5, 5.41) is 0. The Morgan fingerprint density at radius 1 is 1.45 bits per heavy atom. The standard InChI is InChI=1S/C9H13NO/c1-2-11-8-6-9-5-3-4-7-10-9/h3-5,7H,2,6,8H2,1H3. The van der Waals surface area contributed by atoms with Gasteiger partial charge in [-0.05, 0) is 19.1 Å². The Morgan fingerprint density at radius 3 is 3.00 bits per heavy atom. The van der Waals surface area contributed by atoms with Crippen molar-refractivity contribution in [2.45, 2.75) is 13.3 Å². The minimum absolute atomic E-state index is 0.771. The van der Waals surface area contributed by atoms with Crippen molar-refractivity contribution in [3.05, 3.63) is 30.1 Å². The Hall–Kier alpha value is -0.890. The largest absolute Gasteiger partial charge is 0.381 e. The monoisotopic (exact) mass is 151 g/mol. The van der Waals surface area contributed by atoms with Gasteiger partial charge in [-0.3, -0.25) is 4.98 Å². The summed E-state index contributed by atoms with van der Waals surface area (Å²) in [7, 11) is 0. The first-order valence-corrected chi connectivity index (χ1v) is 3.91. The van der Waals surface area contributed by atoms with Crippen LogP contribution in [0.4, 0.5) is 0 Å². The molecule has 60 valence electrons. The molecule has 0 amide bonds. The summed E-state index contributed by atoms with van der Waals surface area (Å²) >= 11 is 0. The van der Waals surface area contributed by atoms with Crippen molar-refractivity contribution in [1.82, 2.24) is 4.98 Å². The molecule has 0 saturated heterocycles. The number of nitrogens with zero attached hydrogens (tertiary/aromatic N) is 1. The summed E-state index contributed by atoms with van der Waals surface area (Å²) in [5.74, 6) is 0. The highest BCUT2D eigenvalue weighted by atomic mass is 16.5. The second-order valence-corrected chi connectivity index (χ2v) is 2.27. The Labute approximate surface area is 67.2 Å². The molecule has 0 atom stereocenters. The van der Waals surface area contributed by atoms with Crippen LogP contribution in [-0.4, -0.2) is 18.2 Å². The van der Waals surface area contributed by atoms with Crippen molar-refractivity contribution < 1.29 is 4.74 Å². The van der Waals surface area contributed by atoms with E-state index in [0.717, 1.165) is 25.3 Å². The van der Waals surface area contributed by atoms with Crippen molar-refractivity contribution >= 4 is 0 Å². The molecule has 11 heavy (non-hydrogen) atoms. The van der Waals surface area contributed by atoms with Crippen LogP contribution in [0.5, 0.6) is 0 Å². The second kappa shape index (κ2) is 4.85. The van der Waals surface area contributed by atoms with Crippen molar-refractivity contribution in [2.24, 2.45) is 0 Å². The Balaban J connectivity index is 2.28. The van der Waals surface area contributed by atoms with Crippen LogP contribution in [-0.2, 0) is 11.2 Å². The number of hydrogen-bond acceptors (Lipinski definition) is 2. The molecule has 0 bridgehead atoms. The van der Waals surface area contributed by atoms with E-state index in [1.807, 2.05) is 25.1 Å². The summed E-state index contributed by atoms with van der Waals surface area (Å²) in [6.45, 7) is 3.55. The average Bonchev–Trinajstić information content (AvgIpc) is 2.07. The number of hydrogen-bond donors (Lipinski definition) is 0. The van der Waals surface area contributed by atoms with Crippen molar-refractivity contribution in [2.75, 3.05) is 13.2 Å². The highest BCUT2D eigenvalue weighted by Gasteiger charge is 1.90. The lowest BCUT2D eigenvalue weighted by Gasteiger charge is -1.99. The molecule has 0 aliphatic heterocycles. The van der Waals surface area contributed by atoms with E-state index in [1.54, 1.807) is 6.20 Å². The predicted octanol–water partition coefficient (Wildman–Crippen LogP) is 1.66. The van der Waals surface area contributed by atoms with Crippen LogP contribution in [0, 0.1) is 0 Å². The maximum absolute atomic E-state index is 5.20. The second-order valence-electron chi connectivity index (χ2n) is 2.27. The highest BCUT2D eigenvalue weighted by Crippen LogP contribution is 1.94. The van der Waals surface area contributed by atoms with Gasteiger partial charge >= 0.3 is 0 Å². The van der Waals surface area contributed by atoms with E-state index < -0.39 is 0 Å². The van der Waals surface area contributed by atoms with Gasteiger partial charge in [0.15, 0.2) is 0 Å². The fourth-order valence-corrected chi connectivity index (χ4v) is 0.867. The van der Waals surface area contributed by atoms with Crippen LogP contribution >= 0.6 is 0 Å². The van der Waals surface area contributed by atoms with E-state index >= 15 is 0 Å². The van der Waals surface area contributed by atoms with Gasteiger partial charge in [-0.1, -0.05) is 6.07 Å². The zero-order valence-corrected chi connectivity index (χ0v) is 6.79. The molecule has 0 radical (unpaired) electrons. The number of aromatic nitrogens is 1. The van der Waals surface area contributed by atoms with Gasteiger partial charge in [-0.2, -0.15) is 0 Å². The zero-order valence-electron chi connectivity index (χ0n) is 6.79. The van der Waals surface area contributed by atoms with E-state index in [1.165, 1.54) is 0 Å². The molecule has 0 spiro atoms. The van der Waals surface area contributed by atoms with E-state index in [0.29, 0.717) is 0 Å². The normalized spacial score (nSPS) is 9.91. The number of ether oxygens (including phenoxy) is 1. The average molecular weight is 151 g/mol. The van der Waals surface area contributed by atoms with Crippen LogP contribution in [0.15, 0.2) is 24.4 Å². The van der Waals surface area contributed by atoms with Gasteiger partial charge in [0.25, 0.3) is 0 Å². The highest BCUT2D eigenvalue weighted by molar-refractivity contribution is 5.03. The Kier molecular flexibility index (Phi) is 3.62. The SMILES string of the molecule is CCOCCc1ccccn1. The van der Waals surface area contributed by atoms with Crippen LogP contribution in [0.1, 0.15) is 12.6 Å². The van der Waals surface area contributed by atoms with Crippen molar-refractivity contribution in [3.8, 4) is 0 Å². The molecule has 0 N–H and O–H groups in total. The van der Waals surface area contributed by atoms with Crippen LogP contribution in [0.3, 0.4) is 0 Å². The minimum Gasteiger partial charge on any atom is -0.381 e. The molecule has 2 heteroatoms. The van der Waals surface area contributed by atoms with Gasteiger partial charge in [0, 0.05) is 24.9 Å². The first-order chi connectivity index (χ1) is 5.43. The van der Waals surface area contributed by atoms with Gasteiger partial charge in [0.1, 0.15) is 0 Å². The number of pyridine rings is 1. The fourth-order valence-electron chi connectivity index (χ4n) is 0.867. The smallest absolute Gasteiger partial charge is 0.0521 e. The van der Waals surface area contributed by atoms with Crippen molar-refractivity contribution in [3.63, 3.8) is 0 Å². The molecule has 0 fully saturated rings. The van der Waals surface area contributed by atoms with Crippen LogP contribution in [0.25, 0.3) is 0 Å². The molecule has 1 rings (SSSR count). The van der Waals surface area contributed by atoms with E-state index in [2.05, 4.69) is 4.98 Å². The van der Waals surface area contributed by atoms with Crippen molar-refractivity contribution in [1.29, 1.82) is 0 Å². The van der Waals surface area contributed by atoms with Gasteiger partial charge in [0.2, 0.25) is 0 Å². The molecule has 0 aliphatic rings. The van der Waals surface area contributed by atoms with Crippen LogP contribution in [0.2, 0.25) is 0 Å². The molecule has 0 saturated carbocycles. The molecule has 1 heterocycles. The topological polar surface area (TPSA) is 22.1 Å². The van der Waals surface area contributed by atoms with Gasteiger partial charge in [-0.15, -0.1) is 0 Å². The van der Waals surface area contributed by atoms with Gasteiger partial charge in [-0.25, -0.2) is 0 Å². The lowest BCUT2D eigenvalue weighted by atomic mass is 10.3. The molecule has 0 unspecified atom stereocenters. The molecular formula is C9H13NO. The minimum atomic E-state index is 0.771. The fraction of sp³-hybridized carbons (Fsp3) is 0.444. The van der Waals surface area contributed by atoms with E-state index in [-0.39, 0.29) is 0 Å².